The highest BCUT2D eigenvalue weighted by molar-refractivity contribution is 7.45. The number of carbonyl (C=O) groups is 2. The molecule has 0 saturated carbocycles. The molecule has 542 valence electrons. The number of rotatable bonds is 72. The monoisotopic (exact) mass is 1330 g/mol. The normalized spacial score (nSPS) is 13.7. The Bertz CT molecular complexity index is 2010. The van der Waals surface area contributed by atoms with E-state index in [0.717, 1.165) is 109 Å². The van der Waals surface area contributed by atoms with Crippen LogP contribution in [0.5, 0.6) is 0 Å². The third-order valence-electron chi connectivity index (χ3n) is 17.0. The number of phosphoric acid groups is 1. The molecular weight excluding hydrogens is 1180 g/mol. The molecule has 0 rings (SSSR count). The number of unbranched alkanes of at least 4 members (excludes halogenated alkanes) is 38. The van der Waals surface area contributed by atoms with E-state index in [9.17, 15) is 19.0 Å². The minimum Gasteiger partial charge on any atom is -0.756 e. The van der Waals surface area contributed by atoms with Crippen molar-refractivity contribution < 1.29 is 42.1 Å². The fourth-order valence-electron chi connectivity index (χ4n) is 11.0. The van der Waals surface area contributed by atoms with Gasteiger partial charge in [0, 0.05) is 12.8 Å². The molecule has 0 aromatic heterocycles. The van der Waals surface area contributed by atoms with Crippen molar-refractivity contribution in [3.05, 3.63) is 122 Å². The topological polar surface area (TPSA) is 111 Å². The lowest BCUT2D eigenvalue weighted by Gasteiger charge is -2.28. The zero-order valence-corrected chi connectivity index (χ0v) is 62.8. The molecule has 0 aliphatic rings. The molecule has 0 amide bonds. The van der Waals surface area contributed by atoms with Gasteiger partial charge in [-0.1, -0.05) is 367 Å². The Morgan fingerprint density at radius 3 is 0.904 bits per heavy atom. The molecule has 0 N–H and O–H groups in total. The van der Waals surface area contributed by atoms with E-state index in [1.807, 2.05) is 21.1 Å². The molecule has 0 aromatic rings. The summed E-state index contributed by atoms with van der Waals surface area (Å²) in [5.41, 5.74) is 0. The predicted molar refractivity (Wildman–Crippen MR) is 406 cm³/mol. The van der Waals surface area contributed by atoms with Crippen LogP contribution < -0.4 is 4.89 Å². The minimum atomic E-state index is -4.65. The van der Waals surface area contributed by atoms with Gasteiger partial charge in [0.05, 0.1) is 27.7 Å². The van der Waals surface area contributed by atoms with Gasteiger partial charge in [-0.05, 0) is 89.9 Å². The number of hydrogen-bond donors (Lipinski definition) is 0. The minimum absolute atomic E-state index is 0.0346. The van der Waals surface area contributed by atoms with Crippen LogP contribution in [-0.4, -0.2) is 70.0 Å². The van der Waals surface area contributed by atoms with Crippen LogP contribution in [0.3, 0.4) is 0 Å². The quantitative estimate of drug-likeness (QED) is 0.0195. The molecule has 0 aliphatic heterocycles. The number of phosphoric ester groups is 1. The Morgan fingerprint density at radius 1 is 0.340 bits per heavy atom. The smallest absolute Gasteiger partial charge is 0.306 e. The van der Waals surface area contributed by atoms with Crippen LogP contribution in [0, 0.1) is 0 Å². The number of allylic oxidation sites excluding steroid dienone is 20. The molecule has 0 saturated heterocycles. The fourth-order valence-corrected chi connectivity index (χ4v) is 11.8. The molecule has 0 bridgehead atoms. The molecule has 10 heteroatoms. The van der Waals surface area contributed by atoms with Gasteiger partial charge >= 0.3 is 11.9 Å². The summed E-state index contributed by atoms with van der Waals surface area (Å²) < 4.78 is 34.4. The summed E-state index contributed by atoms with van der Waals surface area (Å²) >= 11 is 0. The van der Waals surface area contributed by atoms with Gasteiger partial charge in [-0.25, -0.2) is 0 Å². The first-order valence-corrected chi connectivity index (χ1v) is 40.7. The zero-order valence-electron chi connectivity index (χ0n) is 61.9. The molecule has 0 heterocycles. The summed E-state index contributed by atoms with van der Waals surface area (Å²) in [6, 6.07) is 0. The maximum Gasteiger partial charge on any atom is 0.306 e. The van der Waals surface area contributed by atoms with Gasteiger partial charge in [0.25, 0.3) is 7.82 Å². The summed E-state index contributed by atoms with van der Waals surface area (Å²) in [5.74, 6) is -0.829. The van der Waals surface area contributed by atoms with Gasteiger partial charge in [-0.15, -0.1) is 0 Å². The average molecular weight is 1330 g/mol. The first-order chi connectivity index (χ1) is 46.0. The second kappa shape index (κ2) is 73.7. The highest BCUT2D eigenvalue weighted by Crippen LogP contribution is 2.38. The third-order valence-corrected chi connectivity index (χ3v) is 18.0. The van der Waals surface area contributed by atoms with Crippen molar-refractivity contribution in [1.29, 1.82) is 0 Å². The van der Waals surface area contributed by atoms with E-state index < -0.39 is 26.5 Å². The van der Waals surface area contributed by atoms with Crippen molar-refractivity contribution in [3.8, 4) is 0 Å². The van der Waals surface area contributed by atoms with Gasteiger partial charge in [-0.3, -0.25) is 14.2 Å². The lowest BCUT2D eigenvalue weighted by atomic mass is 10.0. The number of ether oxygens (including phenoxy) is 2. The van der Waals surface area contributed by atoms with Gasteiger partial charge in [0.1, 0.15) is 19.8 Å². The standard InChI is InChI=1S/C84H148NO8P/c1-6-8-10-12-14-16-18-20-22-24-26-28-30-32-34-36-37-38-39-40-41-42-43-44-45-46-47-49-51-53-55-57-59-61-63-65-67-69-71-73-75-77-84(87)93-82(81-92-94(88,89)91-79-78-85(3,4)5)80-90-83(86)76-74-72-70-68-66-64-62-60-58-56-54-52-50-48-35-33-31-29-27-25-23-21-19-17-15-13-11-9-7-2/h8,10,14,16,20,22,26,28,32,34,37-38,40-41,43-44,46-47,51,53,82H,6-7,9,11-13,15,17-19,21,23-25,27,29-31,33,35-36,39,42,45,48-50,52,54-81H2,1-5H3/b10-8-,16-14-,22-20-,28-26-,34-32-,38-37-,41-40-,44-43-,47-46-,53-51-. The van der Waals surface area contributed by atoms with E-state index in [-0.39, 0.29) is 32.0 Å². The number of nitrogens with zero attached hydrogens (tertiary/aromatic N) is 1. The molecule has 94 heavy (non-hydrogen) atoms. The molecule has 2 atom stereocenters. The summed E-state index contributed by atoms with van der Waals surface area (Å²) in [6.45, 7) is 4.16. The maximum atomic E-state index is 12.9. The summed E-state index contributed by atoms with van der Waals surface area (Å²) in [6.07, 6.45) is 106. The molecule has 9 nitrogen and oxygen atoms in total. The SMILES string of the molecule is CC/C=C\C/C=C\C/C=C\C/C=C\C/C=C\C/C=C\C/C=C\C/C=C\C/C=C\C/C=C\CCCCCCCCCCCCC(=O)OC(COC(=O)CCCCCCCCCCCCCCCCCCCCCCCCCCCCCCC)COP(=O)([O-])OCC[N+](C)(C)C. The first kappa shape index (κ1) is 90.4. The van der Waals surface area contributed by atoms with Crippen LogP contribution in [-0.2, 0) is 32.7 Å². The lowest BCUT2D eigenvalue weighted by molar-refractivity contribution is -0.870. The molecule has 2 unspecified atom stereocenters. The van der Waals surface area contributed by atoms with Gasteiger partial charge in [-0.2, -0.15) is 0 Å². The van der Waals surface area contributed by atoms with Crippen molar-refractivity contribution in [1.82, 2.24) is 0 Å². The Morgan fingerprint density at radius 2 is 0.606 bits per heavy atom. The number of hydrogen-bond acceptors (Lipinski definition) is 8. The van der Waals surface area contributed by atoms with Crippen molar-refractivity contribution in [3.63, 3.8) is 0 Å². The summed E-state index contributed by atoms with van der Waals surface area (Å²) in [7, 11) is 1.17. The summed E-state index contributed by atoms with van der Waals surface area (Å²) in [5, 5.41) is 0. The second-order valence-electron chi connectivity index (χ2n) is 27.4. The van der Waals surface area contributed by atoms with Crippen molar-refractivity contribution >= 4 is 19.8 Å². The van der Waals surface area contributed by atoms with E-state index in [2.05, 4.69) is 135 Å². The highest BCUT2D eigenvalue weighted by atomic mass is 31.2. The zero-order chi connectivity index (χ0) is 68.3. The average Bonchev–Trinajstić information content (AvgIpc) is 1.57. The number of quaternary nitrogens is 1. The number of likely N-dealkylation sites (N-methyl/N-ethyl adjacent to an activating group) is 1. The molecular formula is C84H148NO8P. The first-order valence-electron chi connectivity index (χ1n) is 39.2. The van der Waals surface area contributed by atoms with Gasteiger partial charge < -0.3 is 27.9 Å². The van der Waals surface area contributed by atoms with E-state index in [0.29, 0.717) is 17.4 Å². The van der Waals surface area contributed by atoms with E-state index in [4.69, 9.17) is 18.5 Å². The number of esters is 2. The van der Waals surface area contributed by atoms with Crippen LogP contribution in [0.15, 0.2) is 122 Å². The van der Waals surface area contributed by atoms with E-state index in [1.165, 1.54) is 205 Å². The van der Waals surface area contributed by atoms with Crippen LogP contribution >= 0.6 is 7.82 Å². The maximum absolute atomic E-state index is 12.9. The summed E-state index contributed by atoms with van der Waals surface area (Å²) in [4.78, 5) is 38.2. The predicted octanol–water partition coefficient (Wildman–Crippen LogP) is 25.5. The number of carbonyl (C=O) groups excluding carboxylic acids is 2. The molecule has 0 spiro atoms. The largest absolute Gasteiger partial charge is 0.756 e. The third kappa shape index (κ3) is 77.4. The van der Waals surface area contributed by atoms with Crippen LogP contribution in [0.1, 0.15) is 348 Å². The second-order valence-corrected chi connectivity index (χ2v) is 28.8. The molecule has 0 aromatic carbocycles. The van der Waals surface area contributed by atoms with Crippen molar-refractivity contribution in [2.24, 2.45) is 0 Å². The Kier molecular flexibility index (Phi) is 70.8. The van der Waals surface area contributed by atoms with Crippen molar-refractivity contribution in [2.75, 3.05) is 47.5 Å². The van der Waals surface area contributed by atoms with E-state index in [1.54, 1.807) is 0 Å². The van der Waals surface area contributed by atoms with Gasteiger partial charge in [0.2, 0.25) is 0 Å². The Balaban J connectivity index is 4.03. The van der Waals surface area contributed by atoms with Gasteiger partial charge in [0.15, 0.2) is 6.10 Å². The van der Waals surface area contributed by atoms with Crippen LogP contribution in [0.4, 0.5) is 0 Å². The molecule has 0 fully saturated rings. The molecule has 0 radical (unpaired) electrons. The Hall–Kier alpha value is -3.59. The lowest BCUT2D eigenvalue weighted by Crippen LogP contribution is -2.37. The van der Waals surface area contributed by atoms with Crippen molar-refractivity contribution in [2.45, 2.75) is 354 Å². The Labute approximate surface area is 581 Å². The fraction of sp³-hybridized carbons (Fsp3) is 0.738. The molecule has 0 aliphatic carbocycles. The highest BCUT2D eigenvalue weighted by Gasteiger charge is 2.22. The van der Waals surface area contributed by atoms with Crippen LogP contribution in [0.2, 0.25) is 0 Å². The van der Waals surface area contributed by atoms with E-state index >= 15 is 0 Å². The van der Waals surface area contributed by atoms with Crippen LogP contribution in [0.25, 0.3) is 0 Å².